The van der Waals surface area contributed by atoms with Gasteiger partial charge in [0.1, 0.15) is 12.9 Å². The first-order chi connectivity index (χ1) is 8.69. The van der Waals surface area contributed by atoms with E-state index < -0.39 is 0 Å². The van der Waals surface area contributed by atoms with Crippen molar-refractivity contribution in [1.29, 1.82) is 0 Å². The molecule has 1 heterocycles. The molecule has 1 aromatic rings. The molecular formula is C12H20N4O2. The van der Waals surface area contributed by atoms with Gasteiger partial charge in [-0.1, -0.05) is 13.8 Å². The Balaban J connectivity index is 2.59. The van der Waals surface area contributed by atoms with Crippen LogP contribution < -0.4 is 5.32 Å². The van der Waals surface area contributed by atoms with E-state index >= 15 is 0 Å². The second-order valence-electron chi connectivity index (χ2n) is 4.02. The Labute approximate surface area is 107 Å². The number of imidazole rings is 1. The van der Waals surface area contributed by atoms with Gasteiger partial charge in [-0.2, -0.15) is 0 Å². The molecule has 0 aliphatic heterocycles. The smallest absolute Gasteiger partial charge is 0.329 e. The predicted octanol–water partition coefficient (Wildman–Crippen LogP) is 1.09. The highest BCUT2D eigenvalue weighted by atomic mass is 16.2. The van der Waals surface area contributed by atoms with Crippen molar-refractivity contribution >= 4 is 11.9 Å². The van der Waals surface area contributed by atoms with Gasteiger partial charge >= 0.3 is 6.03 Å². The van der Waals surface area contributed by atoms with E-state index in [4.69, 9.17) is 0 Å². The summed E-state index contributed by atoms with van der Waals surface area (Å²) in [6.45, 7) is 5.23. The molecule has 0 fully saturated rings. The molecule has 6 heteroatoms. The highest BCUT2D eigenvalue weighted by molar-refractivity contribution is 5.84. The van der Waals surface area contributed by atoms with Crippen molar-refractivity contribution in [3.05, 3.63) is 18.7 Å². The van der Waals surface area contributed by atoms with Gasteiger partial charge in [0.05, 0.1) is 0 Å². The minimum absolute atomic E-state index is 0.0881. The maximum Gasteiger partial charge on any atom is 0.329 e. The second-order valence-corrected chi connectivity index (χ2v) is 4.02. The maximum atomic E-state index is 12.1. The summed E-state index contributed by atoms with van der Waals surface area (Å²) in [5.41, 5.74) is 0. The monoisotopic (exact) mass is 252 g/mol. The van der Waals surface area contributed by atoms with Gasteiger partial charge in [0.25, 0.3) is 0 Å². The van der Waals surface area contributed by atoms with Crippen molar-refractivity contribution in [2.75, 3.05) is 19.6 Å². The molecule has 1 rings (SSSR count). The van der Waals surface area contributed by atoms with E-state index in [0.717, 1.165) is 12.8 Å². The fourth-order valence-corrected chi connectivity index (χ4v) is 1.54. The van der Waals surface area contributed by atoms with E-state index in [9.17, 15) is 9.59 Å². The van der Waals surface area contributed by atoms with Crippen LogP contribution >= 0.6 is 0 Å². The van der Waals surface area contributed by atoms with Gasteiger partial charge in [-0.3, -0.25) is 9.36 Å². The molecule has 1 N–H and O–H groups in total. The first kappa shape index (κ1) is 14.2. The molecule has 1 aromatic heterocycles. The van der Waals surface area contributed by atoms with Crippen LogP contribution in [0, 0.1) is 0 Å². The number of nitrogens with zero attached hydrogens (tertiary/aromatic N) is 3. The van der Waals surface area contributed by atoms with Crippen LogP contribution in [-0.2, 0) is 4.79 Å². The van der Waals surface area contributed by atoms with E-state index in [-0.39, 0.29) is 18.5 Å². The van der Waals surface area contributed by atoms with Crippen molar-refractivity contribution in [3.8, 4) is 0 Å². The zero-order valence-corrected chi connectivity index (χ0v) is 10.9. The number of hydrogen-bond acceptors (Lipinski definition) is 3. The molecule has 0 atom stereocenters. The average molecular weight is 252 g/mol. The molecule has 6 nitrogen and oxygen atoms in total. The molecule has 0 saturated carbocycles. The molecule has 2 amide bonds. The van der Waals surface area contributed by atoms with E-state index in [1.807, 2.05) is 13.8 Å². The number of carbonyl (C=O) groups is 2. The van der Waals surface area contributed by atoms with Crippen LogP contribution in [-0.4, -0.2) is 46.0 Å². The molecule has 0 unspecified atom stereocenters. The van der Waals surface area contributed by atoms with Crippen LogP contribution in [0.2, 0.25) is 0 Å². The van der Waals surface area contributed by atoms with E-state index in [1.165, 1.54) is 15.8 Å². The Bertz CT molecular complexity index is 375. The largest absolute Gasteiger partial charge is 0.355 e. The third-order valence-corrected chi connectivity index (χ3v) is 2.40. The molecule has 0 spiro atoms. The molecule has 0 aromatic carbocycles. The Morgan fingerprint density at radius 1 is 1.33 bits per heavy atom. The van der Waals surface area contributed by atoms with Crippen LogP contribution in [0.4, 0.5) is 4.79 Å². The van der Waals surface area contributed by atoms with Crippen molar-refractivity contribution in [1.82, 2.24) is 19.8 Å². The average Bonchev–Trinajstić information content (AvgIpc) is 2.88. The normalized spacial score (nSPS) is 10.1. The molecule has 0 radical (unpaired) electrons. The van der Waals surface area contributed by atoms with E-state index in [0.29, 0.717) is 13.1 Å². The van der Waals surface area contributed by atoms with Gasteiger partial charge in [0, 0.05) is 25.5 Å². The van der Waals surface area contributed by atoms with Crippen molar-refractivity contribution < 1.29 is 9.59 Å². The molecule has 0 saturated heterocycles. The second kappa shape index (κ2) is 7.47. The minimum atomic E-state index is -0.221. The summed E-state index contributed by atoms with van der Waals surface area (Å²) in [5.74, 6) is -0.126. The molecule has 18 heavy (non-hydrogen) atoms. The van der Waals surface area contributed by atoms with Gasteiger partial charge in [0.15, 0.2) is 0 Å². The topological polar surface area (TPSA) is 67.2 Å². The van der Waals surface area contributed by atoms with Gasteiger partial charge in [0.2, 0.25) is 5.91 Å². The summed E-state index contributed by atoms with van der Waals surface area (Å²) in [5, 5.41) is 2.76. The van der Waals surface area contributed by atoms with E-state index in [2.05, 4.69) is 10.3 Å². The Morgan fingerprint density at radius 2 is 2.11 bits per heavy atom. The predicted molar refractivity (Wildman–Crippen MR) is 68.2 cm³/mol. The van der Waals surface area contributed by atoms with Crippen LogP contribution in [0.25, 0.3) is 0 Å². The summed E-state index contributed by atoms with van der Waals surface area (Å²) < 4.78 is 1.38. The lowest BCUT2D eigenvalue weighted by Gasteiger charge is -2.21. The minimum Gasteiger partial charge on any atom is -0.355 e. The van der Waals surface area contributed by atoms with Gasteiger partial charge in [-0.25, -0.2) is 9.78 Å². The SMILES string of the molecule is CCCNC(=O)CN(CCC)C(=O)n1ccnc1. The fourth-order valence-electron chi connectivity index (χ4n) is 1.54. The number of nitrogens with one attached hydrogen (secondary N) is 1. The fraction of sp³-hybridized carbons (Fsp3) is 0.583. The Kier molecular flexibility index (Phi) is 5.90. The first-order valence-corrected chi connectivity index (χ1v) is 6.23. The number of carbonyl (C=O) groups excluding carboxylic acids is 2. The zero-order valence-electron chi connectivity index (χ0n) is 10.9. The zero-order chi connectivity index (χ0) is 13.4. The van der Waals surface area contributed by atoms with Crippen LogP contribution in [0.5, 0.6) is 0 Å². The summed E-state index contributed by atoms with van der Waals surface area (Å²) in [6.07, 6.45) is 6.25. The lowest BCUT2D eigenvalue weighted by Crippen LogP contribution is -2.42. The summed E-state index contributed by atoms with van der Waals surface area (Å²) in [4.78, 5) is 29.1. The highest BCUT2D eigenvalue weighted by Crippen LogP contribution is 1.98. The van der Waals surface area contributed by atoms with Crippen molar-refractivity contribution in [2.24, 2.45) is 0 Å². The standard InChI is InChI=1S/C12H20N4O2/c1-3-5-14-11(17)9-15(7-4-2)12(18)16-8-6-13-10-16/h6,8,10H,3-5,7,9H2,1-2H3,(H,14,17). The highest BCUT2D eigenvalue weighted by Gasteiger charge is 2.17. The summed E-state index contributed by atoms with van der Waals surface area (Å²) in [6, 6.07) is -0.221. The third kappa shape index (κ3) is 4.20. The lowest BCUT2D eigenvalue weighted by atomic mass is 10.4. The molecule has 100 valence electrons. The molecule has 0 bridgehead atoms. The van der Waals surface area contributed by atoms with Crippen molar-refractivity contribution in [2.45, 2.75) is 26.7 Å². The molecule has 0 aliphatic carbocycles. The Morgan fingerprint density at radius 3 is 2.67 bits per heavy atom. The quantitative estimate of drug-likeness (QED) is 0.824. The van der Waals surface area contributed by atoms with E-state index in [1.54, 1.807) is 12.4 Å². The van der Waals surface area contributed by atoms with Gasteiger partial charge in [-0.05, 0) is 12.8 Å². The van der Waals surface area contributed by atoms with Crippen molar-refractivity contribution in [3.63, 3.8) is 0 Å². The van der Waals surface area contributed by atoms with Gasteiger partial charge in [-0.15, -0.1) is 0 Å². The van der Waals surface area contributed by atoms with Crippen LogP contribution in [0.1, 0.15) is 26.7 Å². The third-order valence-electron chi connectivity index (χ3n) is 2.40. The van der Waals surface area contributed by atoms with Crippen LogP contribution in [0.15, 0.2) is 18.7 Å². The first-order valence-electron chi connectivity index (χ1n) is 6.23. The summed E-state index contributed by atoms with van der Waals surface area (Å²) in [7, 11) is 0. The maximum absolute atomic E-state index is 12.1. The number of rotatable bonds is 6. The van der Waals surface area contributed by atoms with Crippen LogP contribution in [0.3, 0.4) is 0 Å². The summed E-state index contributed by atoms with van der Waals surface area (Å²) >= 11 is 0. The lowest BCUT2D eigenvalue weighted by molar-refractivity contribution is -0.121. The number of amides is 2. The number of aromatic nitrogens is 2. The molecule has 0 aliphatic rings. The van der Waals surface area contributed by atoms with Gasteiger partial charge < -0.3 is 10.2 Å². The Hall–Kier alpha value is -1.85. The molecular weight excluding hydrogens is 232 g/mol. The number of hydrogen-bond donors (Lipinski definition) is 1.